The number of pyridine rings is 1. The van der Waals surface area contributed by atoms with Crippen LogP contribution in [0.1, 0.15) is 49.8 Å². The van der Waals surface area contributed by atoms with Gasteiger partial charge in [0.2, 0.25) is 0 Å². The predicted molar refractivity (Wildman–Crippen MR) is 93.1 cm³/mol. The zero-order valence-corrected chi connectivity index (χ0v) is 14.6. The lowest BCUT2D eigenvalue weighted by Crippen LogP contribution is -2.32. The van der Waals surface area contributed by atoms with E-state index in [1.54, 1.807) is 0 Å². The highest BCUT2D eigenvalue weighted by Gasteiger charge is 2.29. The molecular formula is C19H28N2O3. The van der Waals surface area contributed by atoms with Gasteiger partial charge in [0.1, 0.15) is 5.82 Å². The number of carbonyl (C=O) groups is 1. The maximum atomic E-state index is 11.0. The van der Waals surface area contributed by atoms with Gasteiger partial charge < -0.3 is 14.8 Å². The van der Waals surface area contributed by atoms with E-state index in [0.717, 1.165) is 50.4 Å². The van der Waals surface area contributed by atoms with Gasteiger partial charge in [0.15, 0.2) is 0 Å². The second kappa shape index (κ2) is 8.47. The van der Waals surface area contributed by atoms with E-state index < -0.39 is 0 Å². The Hall–Kier alpha value is -1.62. The molecule has 24 heavy (non-hydrogen) atoms. The molecule has 5 nitrogen and oxygen atoms in total. The Balaban J connectivity index is 1.30. The van der Waals surface area contributed by atoms with Crippen molar-refractivity contribution < 1.29 is 14.3 Å². The predicted octanol–water partition coefficient (Wildman–Crippen LogP) is 3.12. The molecule has 0 unspecified atom stereocenters. The number of fused-ring (bicyclic) bond motifs is 1. The molecule has 2 aliphatic rings. The van der Waals surface area contributed by atoms with E-state index in [1.807, 2.05) is 0 Å². The minimum atomic E-state index is -0.155. The molecule has 0 amide bonds. The van der Waals surface area contributed by atoms with Crippen LogP contribution in [0.25, 0.3) is 0 Å². The van der Waals surface area contributed by atoms with Crippen LogP contribution >= 0.6 is 0 Å². The van der Waals surface area contributed by atoms with Crippen LogP contribution in [0.4, 0.5) is 5.82 Å². The number of hydrogen-bond acceptors (Lipinski definition) is 5. The number of carbonyl (C=O) groups excluding carboxylic acids is 1. The quantitative estimate of drug-likeness (QED) is 0.585. The SMILES string of the molecule is COC(=O)CCCOC1CC(CCc2ccc3c(n2)NCCC3)C1. The van der Waals surface area contributed by atoms with Gasteiger partial charge in [0.25, 0.3) is 0 Å². The standard InChI is InChI=1S/C19H28N2O3/c1-23-18(22)5-3-11-24-17-12-14(13-17)6-8-16-9-7-15-4-2-10-20-19(15)21-16/h7,9,14,17H,2-6,8,10-13H2,1H3,(H,20,21). The van der Waals surface area contributed by atoms with Crippen LogP contribution in [-0.4, -0.2) is 37.3 Å². The number of rotatable bonds is 8. The molecular weight excluding hydrogens is 304 g/mol. The van der Waals surface area contributed by atoms with Gasteiger partial charge in [-0.3, -0.25) is 4.79 Å². The van der Waals surface area contributed by atoms with Gasteiger partial charge >= 0.3 is 5.97 Å². The Labute approximate surface area is 144 Å². The van der Waals surface area contributed by atoms with E-state index >= 15 is 0 Å². The molecule has 0 spiro atoms. The Kier molecular flexibility index (Phi) is 6.07. The van der Waals surface area contributed by atoms with Crippen LogP contribution in [0, 0.1) is 5.92 Å². The summed E-state index contributed by atoms with van der Waals surface area (Å²) < 4.78 is 10.4. The summed E-state index contributed by atoms with van der Waals surface area (Å²) in [5.41, 5.74) is 2.56. The summed E-state index contributed by atoms with van der Waals surface area (Å²) in [4.78, 5) is 15.8. The Bertz CT molecular complexity index is 556. The summed E-state index contributed by atoms with van der Waals surface area (Å²) in [6.07, 6.45) is 8.45. The lowest BCUT2D eigenvalue weighted by molar-refractivity contribution is -0.141. The number of ether oxygens (including phenoxy) is 2. The number of nitrogens with zero attached hydrogens (tertiary/aromatic N) is 1. The summed E-state index contributed by atoms with van der Waals surface area (Å²) in [6.45, 7) is 1.70. The zero-order valence-electron chi connectivity index (χ0n) is 14.6. The van der Waals surface area contributed by atoms with Crippen LogP contribution in [-0.2, 0) is 27.1 Å². The fourth-order valence-electron chi connectivity index (χ4n) is 3.47. The van der Waals surface area contributed by atoms with Crippen molar-refractivity contribution in [3.8, 4) is 0 Å². The fraction of sp³-hybridized carbons (Fsp3) is 0.684. The molecule has 1 fully saturated rings. The first kappa shape index (κ1) is 17.2. The van der Waals surface area contributed by atoms with E-state index in [1.165, 1.54) is 31.2 Å². The molecule has 1 aromatic heterocycles. The van der Waals surface area contributed by atoms with Gasteiger partial charge in [0, 0.05) is 25.3 Å². The molecule has 1 aromatic rings. The van der Waals surface area contributed by atoms with Crippen LogP contribution < -0.4 is 5.32 Å². The maximum absolute atomic E-state index is 11.0. The topological polar surface area (TPSA) is 60.5 Å². The molecule has 0 saturated heterocycles. The lowest BCUT2D eigenvalue weighted by atomic mass is 9.79. The Morgan fingerprint density at radius 1 is 1.38 bits per heavy atom. The van der Waals surface area contributed by atoms with E-state index in [0.29, 0.717) is 19.1 Å². The lowest BCUT2D eigenvalue weighted by Gasteiger charge is -2.35. The number of anilines is 1. The smallest absolute Gasteiger partial charge is 0.305 e. The highest BCUT2D eigenvalue weighted by molar-refractivity contribution is 5.68. The monoisotopic (exact) mass is 332 g/mol. The molecule has 1 saturated carbocycles. The van der Waals surface area contributed by atoms with E-state index in [9.17, 15) is 4.79 Å². The summed E-state index contributed by atoms with van der Waals surface area (Å²) in [5.74, 6) is 1.69. The zero-order chi connectivity index (χ0) is 16.8. The first-order chi connectivity index (χ1) is 11.7. The van der Waals surface area contributed by atoms with Crippen molar-refractivity contribution in [1.29, 1.82) is 0 Å². The van der Waals surface area contributed by atoms with Crippen molar-refractivity contribution in [3.63, 3.8) is 0 Å². The molecule has 3 rings (SSSR count). The van der Waals surface area contributed by atoms with Crippen molar-refractivity contribution in [2.24, 2.45) is 5.92 Å². The third-order valence-electron chi connectivity index (χ3n) is 5.06. The number of nitrogens with one attached hydrogen (secondary N) is 1. The number of aromatic nitrogens is 1. The van der Waals surface area contributed by atoms with Gasteiger partial charge in [-0.15, -0.1) is 0 Å². The number of hydrogen-bond donors (Lipinski definition) is 1. The van der Waals surface area contributed by atoms with Crippen molar-refractivity contribution in [1.82, 2.24) is 4.98 Å². The number of aryl methyl sites for hydroxylation is 2. The minimum absolute atomic E-state index is 0.155. The molecule has 0 radical (unpaired) electrons. The molecule has 1 aliphatic carbocycles. The van der Waals surface area contributed by atoms with Crippen LogP contribution in [0.5, 0.6) is 0 Å². The third kappa shape index (κ3) is 4.69. The molecule has 0 aromatic carbocycles. The fourth-order valence-corrected chi connectivity index (χ4v) is 3.47. The largest absolute Gasteiger partial charge is 0.469 e. The number of methoxy groups -OCH3 is 1. The Morgan fingerprint density at radius 3 is 3.08 bits per heavy atom. The van der Waals surface area contributed by atoms with Gasteiger partial charge in [-0.25, -0.2) is 4.98 Å². The normalized spacial score (nSPS) is 22.2. The first-order valence-electron chi connectivity index (χ1n) is 9.15. The average Bonchev–Trinajstić information content (AvgIpc) is 2.58. The van der Waals surface area contributed by atoms with Crippen LogP contribution in [0.15, 0.2) is 12.1 Å². The molecule has 5 heteroatoms. The maximum Gasteiger partial charge on any atom is 0.305 e. The highest BCUT2D eigenvalue weighted by atomic mass is 16.5. The van der Waals surface area contributed by atoms with Crippen LogP contribution in [0.2, 0.25) is 0 Å². The summed E-state index contributed by atoms with van der Waals surface area (Å²) >= 11 is 0. The van der Waals surface area contributed by atoms with E-state index in [2.05, 4.69) is 22.2 Å². The second-order valence-corrected chi connectivity index (χ2v) is 6.89. The van der Waals surface area contributed by atoms with Crippen molar-refractivity contribution >= 4 is 11.8 Å². The minimum Gasteiger partial charge on any atom is -0.469 e. The van der Waals surface area contributed by atoms with Gasteiger partial charge in [0.05, 0.1) is 13.2 Å². The van der Waals surface area contributed by atoms with Crippen molar-refractivity contribution in [3.05, 3.63) is 23.4 Å². The summed E-state index contributed by atoms with van der Waals surface area (Å²) in [6, 6.07) is 4.42. The average molecular weight is 332 g/mol. The van der Waals surface area contributed by atoms with Crippen molar-refractivity contribution in [2.75, 3.05) is 25.6 Å². The molecule has 1 N–H and O–H groups in total. The highest BCUT2D eigenvalue weighted by Crippen LogP contribution is 2.34. The summed E-state index contributed by atoms with van der Waals surface area (Å²) in [5, 5.41) is 3.40. The van der Waals surface area contributed by atoms with Crippen molar-refractivity contribution in [2.45, 2.75) is 57.5 Å². The van der Waals surface area contributed by atoms with Gasteiger partial charge in [-0.05, 0) is 62.5 Å². The third-order valence-corrected chi connectivity index (χ3v) is 5.06. The molecule has 0 bridgehead atoms. The second-order valence-electron chi connectivity index (χ2n) is 6.89. The van der Waals surface area contributed by atoms with Crippen LogP contribution in [0.3, 0.4) is 0 Å². The van der Waals surface area contributed by atoms with Gasteiger partial charge in [-0.1, -0.05) is 6.07 Å². The van der Waals surface area contributed by atoms with Gasteiger partial charge in [-0.2, -0.15) is 0 Å². The van der Waals surface area contributed by atoms with E-state index in [-0.39, 0.29) is 5.97 Å². The molecule has 0 atom stereocenters. The number of esters is 1. The molecule has 1 aliphatic heterocycles. The van der Waals surface area contributed by atoms with E-state index in [4.69, 9.17) is 9.72 Å². The molecule has 132 valence electrons. The Morgan fingerprint density at radius 2 is 2.25 bits per heavy atom. The molecule has 2 heterocycles. The first-order valence-corrected chi connectivity index (χ1v) is 9.15. The summed E-state index contributed by atoms with van der Waals surface area (Å²) in [7, 11) is 1.42.